The van der Waals surface area contributed by atoms with Crippen molar-refractivity contribution >= 4 is 11.8 Å². The molecule has 110 valence electrons. The molecule has 7 heteroatoms. The summed E-state index contributed by atoms with van der Waals surface area (Å²) in [5.41, 5.74) is 1.41. The predicted octanol–water partition coefficient (Wildman–Crippen LogP) is 1.97. The lowest BCUT2D eigenvalue weighted by Gasteiger charge is -2.08. The third kappa shape index (κ3) is 3.50. The quantitative estimate of drug-likeness (QED) is 0.848. The average molecular weight is 290 g/mol. The Balaban J connectivity index is 2.12. The fourth-order valence-corrected chi connectivity index (χ4v) is 1.78. The fraction of sp³-hybridized carbons (Fsp3) is 0.286. The Labute approximate surface area is 121 Å². The summed E-state index contributed by atoms with van der Waals surface area (Å²) in [4.78, 5) is 23.1. The van der Waals surface area contributed by atoms with Crippen LogP contribution >= 0.6 is 0 Å². The molecule has 2 rings (SSSR count). The van der Waals surface area contributed by atoms with E-state index in [1.165, 1.54) is 19.6 Å². The molecule has 2 aromatic rings. The largest absolute Gasteiger partial charge is 0.465 e. The molecule has 0 radical (unpaired) electrons. The molecule has 0 amide bonds. The molecule has 0 aliphatic rings. The highest BCUT2D eigenvalue weighted by Crippen LogP contribution is 2.14. The number of aromatic nitrogens is 3. The van der Waals surface area contributed by atoms with Crippen molar-refractivity contribution in [1.29, 1.82) is 0 Å². The second-order valence-corrected chi connectivity index (χ2v) is 4.26. The minimum Gasteiger partial charge on any atom is -0.465 e. The van der Waals surface area contributed by atoms with Gasteiger partial charge < -0.3 is 10.1 Å². The Morgan fingerprint density at radius 3 is 2.90 bits per heavy atom. The molecule has 2 aromatic heterocycles. The van der Waals surface area contributed by atoms with Crippen LogP contribution in [0.2, 0.25) is 0 Å². The van der Waals surface area contributed by atoms with Crippen LogP contribution in [0.25, 0.3) is 0 Å². The number of rotatable bonds is 5. The van der Waals surface area contributed by atoms with E-state index in [0.29, 0.717) is 23.2 Å². The van der Waals surface area contributed by atoms with Gasteiger partial charge >= 0.3 is 5.97 Å². The lowest BCUT2D eigenvalue weighted by molar-refractivity contribution is 0.0600. The third-order valence-electron chi connectivity index (χ3n) is 2.87. The Morgan fingerprint density at radius 2 is 2.19 bits per heavy atom. The van der Waals surface area contributed by atoms with E-state index < -0.39 is 11.8 Å². The number of methoxy groups -OCH3 is 1. The van der Waals surface area contributed by atoms with Gasteiger partial charge in [0.05, 0.1) is 18.4 Å². The zero-order valence-corrected chi connectivity index (χ0v) is 11.8. The SMILES string of the molecule is CCc1ncnc(NCc2cncc(C(=O)OC)c2)c1F. The lowest BCUT2D eigenvalue weighted by atomic mass is 10.2. The molecule has 2 heterocycles. The van der Waals surface area contributed by atoms with E-state index in [1.54, 1.807) is 12.3 Å². The maximum Gasteiger partial charge on any atom is 0.339 e. The van der Waals surface area contributed by atoms with Crippen LogP contribution in [0.15, 0.2) is 24.8 Å². The smallest absolute Gasteiger partial charge is 0.339 e. The number of carbonyl (C=O) groups is 1. The van der Waals surface area contributed by atoms with Crippen molar-refractivity contribution in [3.8, 4) is 0 Å². The molecule has 0 saturated heterocycles. The van der Waals surface area contributed by atoms with Crippen LogP contribution in [0.4, 0.5) is 10.2 Å². The van der Waals surface area contributed by atoms with E-state index in [0.717, 1.165) is 0 Å². The topological polar surface area (TPSA) is 77.0 Å². The first-order chi connectivity index (χ1) is 10.2. The second kappa shape index (κ2) is 6.74. The van der Waals surface area contributed by atoms with Crippen molar-refractivity contribution in [3.63, 3.8) is 0 Å². The average Bonchev–Trinajstić information content (AvgIpc) is 2.53. The highest BCUT2D eigenvalue weighted by Gasteiger charge is 2.10. The number of pyridine rings is 1. The van der Waals surface area contributed by atoms with Crippen molar-refractivity contribution in [2.75, 3.05) is 12.4 Å². The summed E-state index contributed by atoms with van der Waals surface area (Å²) in [5, 5.41) is 2.87. The molecular weight excluding hydrogens is 275 g/mol. The van der Waals surface area contributed by atoms with Gasteiger partial charge in [0, 0.05) is 18.9 Å². The van der Waals surface area contributed by atoms with Crippen LogP contribution in [0.1, 0.15) is 28.5 Å². The van der Waals surface area contributed by atoms with E-state index in [4.69, 9.17) is 0 Å². The minimum atomic E-state index is -0.467. The number of halogens is 1. The van der Waals surface area contributed by atoms with E-state index >= 15 is 0 Å². The molecule has 0 saturated carbocycles. The summed E-state index contributed by atoms with van der Waals surface area (Å²) in [6.45, 7) is 2.11. The number of ether oxygens (including phenoxy) is 1. The summed E-state index contributed by atoms with van der Waals surface area (Å²) in [5.74, 6) is -0.798. The van der Waals surface area contributed by atoms with Crippen molar-refractivity contribution < 1.29 is 13.9 Å². The van der Waals surface area contributed by atoms with Gasteiger partial charge in [0.25, 0.3) is 0 Å². The van der Waals surface area contributed by atoms with Gasteiger partial charge in [-0.25, -0.2) is 19.2 Å². The van der Waals surface area contributed by atoms with Crippen LogP contribution in [-0.4, -0.2) is 28.0 Å². The highest BCUT2D eigenvalue weighted by molar-refractivity contribution is 5.89. The standard InChI is InChI=1S/C14H15FN4O2/c1-3-11-12(15)13(19-8-18-11)17-6-9-4-10(7-16-5-9)14(20)21-2/h4-5,7-8H,3,6H2,1-2H3,(H,17,18,19). The van der Waals surface area contributed by atoms with Gasteiger partial charge in [-0.05, 0) is 18.1 Å². The Kier molecular flexibility index (Phi) is 4.76. The molecule has 1 N–H and O–H groups in total. The first kappa shape index (κ1) is 14.8. The van der Waals surface area contributed by atoms with Crippen LogP contribution in [-0.2, 0) is 17.7 Å². The van der Waals surface area contributed by atoms with E-state index in [-0.39, 0.29) is 12.4 Å². The molecule has 0 aliphatic heterocycles. The summed E-state index contributed by atoms with van der Waals surface area (Å²) in [6, 6.07) is 1.63. The Hall–Kier alpha value is -2.57. The fourth-order valence-electron chi connectivity index (χ4n) is 1.78. The number of anilines is 1. The number of aryl methyl sites for hydroxylation is 1. The maximum absolute atomic E-state index is 14.0. The molecule has 0 unspecified atom stereocenters. The summed E-state index contributed by atoms with van der Waals surface area (Å²) in [6.07, 6.45) is 4.80. The molecule has 0 aromatic carbocycles. The van der Waals surface area contributed by atoms with Crippen LogP contribution in [0, 0.1) is 5.82 Å². The molecule has 6 nitrogen and oxygen atoms in total. The zero-order chi connectivity index (χ0) is 15.2. The summed E-state index contributed by atoms with van der Waals surface area (Å²) < 4.78 is 18.6. The molecule has 0 atom stereocenters. The van der Waals surface area contributed by atoms with Crippen LogP contribution in [0.3, 0.4) is 0 Å². The van der Waals surface area contributed by atoms with Crippen molar-refractivity contribution in [2.45, 2.75) is 19.9 Å². The number of hydrogen-bond acceptors (Lipinski definition) is 6. The third-order valence-corrected chi connectivity index (χ3v) is 2.87. The summed E-state index contributed by atoms with van der Waals surface area (Å²) >= 11 is 0. The van der Waals surface area contributed by atoms with Gasteiger partial charge in [0.1, 0.15) is 6.33 Å². The first-order valence-corrected chi connectivity index (χ1v) is 6.41. The number of carbonyl (C=O) groups excluding carboxylic acids is 1. The van der Waals surface area contributed by atoms with Gasteiger partial charge in [0.15, 0.2) is 11.6 Å². The maximum atomic E-state index is 14.0. The van der Waals surface area contributed by atoms with Gasteiger partial charge in [-0.2, -0.15) is 0 Å². The minimum absolute atomic E-state index is 0.130. The monoisotopic (exact) mass is 290 g/mol. The Bertz CT molecular complexity index is 649. The second-order valence-electron chi connectivity index (χ2n) is 4.26. The number of nitrogens with one attached hydrogen (secondary N) is 1. The van der Waals surface area contributed by atoms with E-state index in [1.807, 2.05) is 6.92 Å². The molecule has 21 heavy (non-hydrogen) atoms. The van der Waals surface area contributed by atoms with E-state index in [2.05, 4.69) is 25.0 Å². The summed E-state index contributed by atoms with van der Waals surface area (Å²) in [7, 11) is 1.30. The van der Waals surface area contributed by atoms with Crippen molar-refractivity contribution in [1.82, 2.24) is 15.0 Å². The predicted molar refractivity (Wildman–Crippen MR) is 74.3 cm³/mol. The number of hydrogen-bond donors (Lipinski definition) is 1. The molecule has 0 spiro atoms. The molecule has 0 aliphatic carbocycles. The van der Waals surface area contributed by atoms with Gasteiger partial charge in [0.2, 0.25) is 0 Å². The molecule has 0 fully saturated rings. The zero-order valence-electron chi connectivity index (χ0n) is 11.8. The number of esters is 1. The molecular formula is C14H15FN4O2. The Morgan fingerprint density at radius 1 is 1.38 bits per heavy atom. The normalized spacial score (nSPS) is 10.2. The van der Waals surface area contributed by atoms with Crippen molar-refractivity contribution in [3.05, 3.63) is 47.4 Å². The first-order valence-electron chi connectivity index (χ1n) is 6.41. The number of nitrogens with zero attached hydrogens (tertiary/aromatic N) is 3. The molecule has 0 bridgehead atoms. The van der Waals surface area contributed by atoms with Crippen molar-refractivity contribution in [2.24, 2.45) is 0 Å². The van der Waals surface area contributed by atoms with Crippen LogP contribution < -0.4 is 5.32 Å². The van der Waals surface area contributed by atoms with Gasteiger partial charge in [-0.1, -0.05) is 6.92 Å². The van der Waals surface area contributed by atoms with E-state index in [9.17, 15) is 9.18 Å². The highest BCUT2D eigenvalue weighted by atomic mass is 19.1. The van der Waals surface area contributed by atoms with Gasteiger partial charge in [-0.3, -0.25) is 4.98 Å². The van der Waals surface area contributed by atoms with Gasteiger partial charge in [-0.15, -0.1) is 0 Å². The lowest BCUT2D eigenvalue weighted by Crippen LogP contribution is -2.08. The van der Waals surface area contributed by atoms with Crippen LogP contribution in [0.5, 0.6) is 0 Å².